The number of nitrogens with two attached hydrogens (primary N) is 1. The van der Waals surface area contributed by atoms with Crippen molar-refractivity contribution < 1.29 is 22.3 Å². The van der Waals surface area contributed by atoms with E-state index in [1.165, 1.54) is 19.2 Å². The summed E-state index contributed by atoms with van der Waals surface area (Å²) in [7, 11) is 1.37. The second-order valence-electron chi connectivity index (χ2n) is 9.33. The number of fused-ring (bicyclic) bond motifs is 1. The lowest BCUT2D eigenvalue weighted by Gasteiger charge is -2.34. The Balaban J connectivity index is 1.71. The molecule has 4 aromatic rings. The van der Waals surface area contributed by atoms with Gasteiger partial charge < -0.3 is 20.2 Å². The van der Waals surface area contributed by atoms with Crippen molar-refractivity contribution in [1.29, 1.82) is 0 Å². The normalized spacial score (nSPS) is 13.0. The largest absolute Gasteiger partial charge is 0.494 e. The summed E-state index contributed by atoms with van der Waals surface area (Å²) in [5, 5.41) is 3.83. The zero-order valence-electron chi connectivity index (χ0n) is 21.1. The molecule has 0 radical (unpaired) electrons. The average Bonchev–Trinajstić information content (AvgIpc) is 3.32. The Bertz CT molecular complexity index is 1430. The third-order valence-electron chi connectivity index (χ3n) is 6.72. The summed E-state index contributed by atoms with van der Waals surface area (Å²) < 4.78 is 51.1. The molecule has 2 heterocycles. The molecule has 2 aromatic heterocycles. The van der Waals surface area contributed by atoms with Gasteiger partial charge in [0.05, 0.1) is 19.4 Å². The SMILES string of the molecule is C=C(N[C@@H](C)C(C)(C)c1ccccc1)c1nc(-c2ccc(OC)c3nc(C(F)(F)F)ccc23)oc1CN. The molecule has 1 atom stereocenters. The Kier molecular flexibility index (Phi) is 7.01. The Hall–Kier alpha value is -3.85. The molecule has 0 unspecified atom stereocenters. The first-order chi connectivity index (χ1) is 17.5. The minimum absolute atomic E-state index is 0.0278. The third kappa shape index (κ3) is 5.04. The number of oxazole rings is 1. The second-order valence-corrected chi connectivity index (χ2v) is 9.33. The van der Waals surface area contributed by atoms with Gasteiger partial charge in [0.25, 0.3) is 0 Å². The molecule has 0 saturated carbocycles. The summed E-state index contributed by atoms with van der Waals surface area (Å²) >= 11 is 0. The maximum Gasteiger partial charge on any atom is 0.433 e. The number of nitrogens with zero attached hydrogens (tertiary/aromatic N) is 2. The smallest absolute Gasteiger partial charge is 0.433 e. The van der Waals surface area contributed by atoms with Gasteiger partial charge in [-0.15, -0.1) is 0 Å². The number of aromatic nitrogens is 2. The van der Waals surface area contributed by atoms with Gasteiger partial charge in [-0.1, -0.05) is 50.8 Å². The van der Waals surface area contributed by atoms with Crippen molar-refractivity contribution in [3.05, 3.63) is 83.9 Å². The van der Waals surface area contributed by atoms with E-state index in [1.54, 1.807) is 6.07 Å². The molecule has 2 aromatic carbocycles. The minimum Gasteiger partial charge on any atom is -0.494 e. The van der Waals surface area contributed by atoms with Crippen molar-refractivity contribution in [1.82, 2.24) is 15.3 Å². The van der Waals surface area contributed by atoms with Crippen LogP contribution >= 0.6 is 0 Å². The predicted octanol–water partition coefficient (Wildman–Crippen LogP) is 6.30. The lowest BCUT2D eigenvalue weighted by atomic mass is 9.78. The van der Waals surface area contributed by atoms with Gasteiger partial charge in [0.2, 0.25) is 5.89 Å². The van der Waals surface area contributed by atoms with Crippen molar-refractivity contribution in [2.45, 2.75) is 44.9 Å². The van der Waals surface area contributed by atoms with E-state index in [9.17, 15) is 13.2 Å². The summed E-state index contributed by atoms with van der Waals surface area (Å²) in [5.74, 6) is 0.808. The van der Waals surface area contributed by atoms with Crippen LogP contribution in [0.1, 0.15) is 43.5 Å². The van der Waals surface area contributed by atoms with Gasteiger partial charge in [-0.05, 0) is 36.8 Å². The number of alkyl halides is 3. The topological polar surface area (TPSA) is 86.2 Å². The number of pyridine rings is 1. The van der Waals surface area contributed by atoms with E-state index in [1.807, 2.05) is 18.2 Å². The van der Waals surface area contributed by atoms with Crippen LogP contribution in [0.5, 0.6) is 5.75 Å². The molecule has 0 aliphatic rings. The average molecular weight is 511 g/mol. The predicted molar refractivity (Wildman–Crippen MR) is 138 cm³/mol. The molecule has 0 spiro atoms. The number of benzene rings is 2. The van der Waals surface area contributed by atoms with E-state index in [-0.39, 0.29) is 35.2 Å². The first kappa shape index (κ1) is 26.2. The lowest BCUT2D eigenvalue weighted by molar-refractivity contribution is -0.140. The fourth-order valence-corrected chi connectivity index (χ4v) is 4.17. The molecule has 4 rings (SSSR count). The van der Waals surface area contributed by atoms with Gasteiger partial charge in [-0.2, -0.15) is 13.2 Å². The van der Waals surface area contributed by atoms with E-state index in [4.69, 9.17) is 14.9 Å². The van der Waals surface area contributed by atoms with E-state index >= 15 is 0 Å². The van der Waals surface area contributed by atoms with Crippen LogP contribution in [0.3, 0.4) is 0 Å². The summed E-state index contributed by atoms with van der Waals surface area (Å²) in [4.78, 5) is 8.45. The van der Waals surface area contributed by atoms with E-state index in [2.05, 4.69) is 54.8 Å². The molecule has 9 heteroatoms. The summed E-state index contributed by atoms with van der Waals surface area (Å²) in [5.41, 5.74) is 7.38. The standard InChI is InChI=1S/C28H29F3N4O2/c1-16(33-17(2)27(3,4)18-9-7-6-8-10-18)24-22(15-32)37-26(35-24)20-11-13-21(36-5)25-19(20)12-14-23(34-25)28(29,30)31/h6-14,17,33H,1,15,32H2,2-5H3/t17-/m0/s1. The van der Waals surface area contributed by atoms with Crippen LogP contribution in [0.4, 0.5) is 13.2 Å². The number of halogens is 3. The minimum atomic E-state index is -4.59. The fourth-order valence-electron chi connectivity index (χ4n) is 4.17. The second kappa shape index (κ2) is 9.89. The number of hydrogen-bond donors (Lipinski definition) is 2. The highest BCUT2D eigenvalue weighted by molar-refractivity contribution is 5.96. The van der Waals surface area contributed by atoms with Crippen LogP contribution in [0.2, 0.25) is 0 Å². The van der Waals surface area contributed by atoms with E-state index in [0.717, 1.165) is 11.6 Å². The van der Waals surface area contributed by atoms with Crippen LogP contribution in [-0.2, 0) is 18.1 Å². The Morgan fingerprint density at radius 1 is 1.08 bits per heavy atom. The molecule has 0 fully saturated rings. The summed E-state index contributed by atoms with van der Waals surface area (Å²) in [6, 6.07) is 15.6. The van der Waals surface area contributed by atoms with Gasteiger partial charge >= 0.3 is 6.18 Å². The van der Waals surface area contributed by atoms with Gasteiger partial charge in [-0.25, -0.2) is 9.97 Å². The zero-order chi connectivity index (χ0) is 27.0. The Morgan fingerprint density at radius 3 is 2.41 bits per heavy atom. The quantitative estimate of drug-likeness (QED) is 0.289. The van der Waals surface area contributed by atoms with Crippen LogP contribution in [0, 0.1) is 0 Å². The van der Waals surface area contributed by atoms with Gasteiger partial charge in [0, 0.05) is 22.4 Å². The number of hydrogen-bond acceptors (Lipinski definition) is 6. The summed E-state index contributed by atoms with van der Waals surface area (Å²) in [6.45, 7) is 10.6. The molecule has 6 nitrogen and oxygen atoms in total. The maximum absolute atomic E-state index is 13.3. The van der Waals surface area contributed by atoms with Crippen LogP contribution in [0.15, 0.2) is 65.6 Å². The molecule has 194 valence electrons. The van der Waals surface area contributed by atoms with Crippen LogP contribution in [0.25, 0.3) is 28.1 Å². The maximum atomic E-state index is 13.3. The first-order valence-electron chi connectivity index (χ1n) is 11.7. The number of ether oxygens (including phenoxy) is 1. The highest BCUT2D eigenvalue weighted by Crippen LogP contribution is 2.37. The monoisotopic (exact) mass is 510 g/mol. The van der Waals surface area contributed by atoms with Crippen LogP contribution < -0.4 is 15.8 Å². The van der Waals surface area contributed by atoms with Crippen LogP contribution in [-0.4, -0.2) is 23.1 Å². The van der Waals surface area contributed by atoms with Crippen molar-refractivity contribution in [2.75, 3.05) is 7.11 Å². The molecular formula is C28H29F3N4O2. The number of rotatable bonds is 8. The molecule has 0 amide bonds. The molecule has 3 N–H and O–H groups in total. The van der Waals surface area contributed by atoms with Gasteiger partial charge in [0.15, 0.2) is 0 Å². The van der Waals surface area contributed by atoms with Crippen molar-refractivity contribution >= 4 is 16.6 Å². The zero-order valence-corrected chi connectivity index (χ0v) is 21.1. The molecule has 0 aliphatic carbocycles. The molecule has 0 aliphatic heterocycles. The highest BCUT2D eigenvalue weighted by Gasteiger charge is 2.33. The summed E-state index contributed by atoms with van der Waals surface area (Å²) in [6.07, 6.45) is -4.59. The van der Waals surface area contributed by atoms with Crippen molar-refractivity contribution in [3.8, 4) is 17.2 Å². The fraction of sp³-hybridized carbons (Fsp3) is 0.286. The van der Waals surface area contributed by atoms with Crippen molar-refractivity contribution in [2.24, 2.45) is 5.73 Å². The number of methoxy groups -OCH3 is 1. The van der Waals surface area contributed by atoms with Gasteiger partial charge in [-0.3, -0.25) is 0 Å². The van der Waals surface area contributed by atoms with E-state index < -0.39 is 11.9 Å². The number of nitrogens with one attached hydrogen (secondary N) is 1. The Morgan fingerprint density at radius 2 is 1.78 bits per heavy atom. The lowest BCUT2D eigenvalue weighted by Crippen LogP contribution is -2.41. The van der Waals surface area contributed by atoms with Crippen molar-refractivity contribution in [3.63, 3.8) is 0 Å². The molecule has 0 saturated heterocycles. The Labute approximate surface area is 213 Å². The van der Waals surface area contributed by atoms with E-state index in [0.29, 0.717) is 28.1 Å². The molecule has 37 heavy (non-hydrogen) atoms. The molecular weight excluding hydrogens is 481 g/mol. The highest BCUT2D eigenvalue weighted by atomic mass is 19.4. The van der Waals surface area contributed by atoms with Gasteiger partial charge in [0.1, 0.15) is 28.4 Å². The first-order valence-corrected chi connectivity index (χ1v) is 11.7. The molecule has 0 bridgehead atoms. The third-order valence-corrected chi connectivity index (χ3v) is 6.72.